The molecule has 1 atom stereocenters. The van der Waals surface area contributed by atoms with E-state index >= 15 is 0 Å². The maximum atomic E-state index is 12.7. The number of carbonyl (C=O) groups excluding carboxylic acids is 1. The largest absolute Gasteiger partial charge is 0.333 e. The Bertz CT molecular complexity index is 674. The van der Waals surface area contributed by atoms with Crippen molar-refractivity contribution in [3.05, 3.63) is 41.0 Å². The summed E-state index contributed by atoms with van der Waals surface area (Å²) < 4.78 is 0. The number of carbonyl (C=O) groups is 1. The zero-order chi connectivity index (χ0) is 14.8. The van der Waals surface area contributed by atoms with Gasteiger partial charge in [0.2, 0.25) is 0 Å². The van der Waals surface area contributed by atoms with E-state index in [-0.39, 0.29) is 11.9 Å². The second kappa shape index (κ2) is 6.00. The van der Waals surface area contributed by atoms with Crippen LogP contribution in [-0.2, 0) is 0 Å². The number of piperidine rings is 1. The zero-order valence-electron chi connectivity index (χ0n) is 11.8. The average molecular weight is 304 g/mol. The third-order valence-electron chi connectivity index (χ3n) is 4.03. The first-order valence-corrected chi connectivity index (χ1v) is 7.64. The highest BCUT2D eigenvalue weighted by atomic mass is 35.5. The molecule has 1 aliphatic heterocycles. The predicted octanol–water partition coefficient (Wildman–Crippen LogP) is 2.84. The lowest BCUT2D eigenvalue weighted by Gasteiger charge is -2.34. The minimum atomic E-state index is -0.0352. The maximum absolute atomic E-state index is 12.7. The smallest absolute Gasteiger partial charge is 0.272 e. The number of rotatable bonds is 2. The summed E-state index contributed by atoms with van der Waals surface area (Å²) in [5, 5.41) is 1.60. The van der Waals surface area contributed by atoms with Crippen molar-refractivity contribution in [2.24, 2.45) is 5.73 Å². The molecular formula is C16H18ClN3O. The SMILES string of the molecule is NCC1CCCCN1C(=O)c1ccc2ccc(Cl)cc2n1. The van der Waals surface area contributed by atoms with Gasteiger partial charge in [0.25, 0.3) is 5.91 Å². The van der Waals surface area contributed by atoms with Crippen molar-refractivity contribution in [1.29, 1.82) is 0 Å². The van der Waals surface area contributed by atoms with Crippen molar-refractivity contribution >= 4 is 28.4 Å². The Balaban J connectivity index is 1.93. The Morgan fingerprint density at radius 3 is 2.95 bits per heavy atom. The molecule has 2 N–H and O–H groups in total. The monoisotopic (exact) mass is 303 g/mol. The molecule has 1 unspecified atom stereocenters. The van der Waals surface area contributed by atoms with Gasteiger partial charge in [-0.3, -0.25) is 4.79 Å². The fraction of sp³-hybridized carbons (Fsp3) is 0.375. The van der Waals surface area contributed by atoms with Gasteiger partial charge in [-0.2, -0.15) is 0 Å². The van der Waals surface area contributed by atoms with Crippen LogP contribution < -0.4 is 5.73 Å². The number of nitrogens with two attached hydrogens (primary N) is 1. The van der Waals surface area contributed by atoms with Crippen molar-refractivity contribution in [2.75, 3.05) is 13.1 Å². The Hall–Kier alpha value is -1.65. The van der Waals surface area contributed by atoms with Crippen molar-refractivity contribution < 1.29 is 4.79 Å². The molecule has 1 aliphatic rings. The summed E-state index contributed by atoms with van der Waals surface area (Å²) >= 11 is 5.99. The Labute approximate surface area is 128 Å². The summed E-state index contributed by atoms with van der Waals surface area (Å²) in [6, 6.07) is 9.33. The van der Waals surface area contributed by atoms with Gasteiger partial charge in [0.05, 0.1) is 5.52 Å². The minimum Gasteiger partial charge on any atom is -0.333 e. The number of fused-ring (bicyclic) bond motifs is 1. The molecular weight excluding hydrogens is 286 g/mol. The number of likely N-dealkylation sites (tertiary alicyclic amines) is 1. The molecule has 110 valence electrons. The highest BCUT2D eigenvalue weighted by Gasteiger charge is 2.27. The molecule has 0 aliphatic carbocycles. The number of amides is 1. The molecule has 0 radical (unpaired) electrons. The Morgan fingerprint density at radius 2 is 2.14 bits per heavy atom. The number of benzene rings is 1. The summed E-state index contributed by atoms with van der Waals surface area (Å²) in [6.07, 6.45) is 3.13. The van der Waals surface area contributed by atoms with Crippen LogP contribution in [0.1, 0.15) is 29.8 Å². The van der Waals surface area contributed by atoms with E-state index in [1.165, 1.54) is 0 Å². The van der Waals surface area contributed by atoms with E-state index in [0.717, 1.165) is 36.7 Å². The standard InChI is InChI=1S/C16H18ClN3O/c17-12-6-4-11-5-7-14(19-15(11)9-12)16(21)20-8-2-1-3-13(20)10-18/h4-7,9,13H,1-3,8,10,18H2. The number of aromatic nitrogens is 1. The van der Waals surface area contributed by atoms with Gasteiger partial charge in [0.15, 0.2) is 0 Å². The lowest BCUT2D eigenvalue weighted by molar-refractivity contribution is 0.0617. The molecule has 1 amide bonds. The number of pyridine rings is 1. The van der Waals surface area contributed by atoms with Gasteiger partial charge in [-0.1, -0.05) is 23.7 Å². The van der Waals surface area contributed by atoms with Crippen LogP contribution in [0.2, 0.25) is 5.02 Å². The first-order chi connectivity index (χ1) is 10.2. The second-order valence-electron chi connectivity index (χ2n) is 5.42. The first kappa shape index (κ1) is 14.3. The van der Waals surface area contributed by atoms with E-state index in [2.05, 4.69) is 4.98 Å². The van der Waals surface area contributed by atoms with Crippen LogP contribution >= 0.6 is 11.6 Å². The van der Waals surface area contributed by atoms with Crippen LogP contribution in [0.5, 0.6) is 0 Å². The van der Waals surface area contributed by atoms with E-state index < -0.39 is 0 Å². The number of hydrogen-bond acceptors (Lipinski definition) is 3. The fourth-order valence-electron chi connectivity index (χ4n) is 2.87. The molecule has 5 heteroatoms. The van der Waals surface area contributed by atoms with E-state index in [0.29, 0.717) is 17.3 Å². The van der Waals surface area contributed by atoms with E-state index in [4.69, 9.17) is 17.3 Å². The van der Waals surface area contributed by atoms with Gasteiger partial charge in [-0.25, -0.2) is 4.98 Å². The maximum Gasteiger partial charge on any atom is 0.272 e. The van der Waals surface area contributed by atoms with E-state index in [1.54, 1.807) is 12.1 Å². The summed E-state index contributed by atoms with van der Waals surface area (Å²) in [5.74, 6) is -0.0352. The zero-order valence-corrected chi connectivity index (χ0v) is 12.5. The van der Waals surface area contributed by atoms with Gasteiger partial charge in [-0.05, 0) is 37.5 Å². The number of halogens is 1. The number of hydrogen-bond donors (Lipinski definition) is 1. The first-order valence-electron chi connectivity index (χ1n) is 7.26. The minimum absolute atomic E-state index is 0.0352. The lowest BCUT2D eigenvalue weighted by atomic mass is 10.0. The molecule has 1 aromatic carbocycles. The molecule has 3 rings (SSSR count). The topological polar surface area (TPSA) is 59.2 Å². The molecule has 2 heterocycles. The normalized spacial score (nSPS) is 19.0. The third-order valence-corrected chi connectivity index (χ3v) is 4.27. The molecule has 0 bridgehead atoms. The van der Waals surface area contributed by atoms with Gasteiger partial charge in [0, 0.05) is 29.5 Å². The summed E-state index contributed by atoms with van der Waals surface area (Å²) in [6.45, 7) is 1.26. The van der Waals surface area contributed by atoms with Gasteiger partial charge < -0.3 is 10.6 Å². The van der Waals surface area contributed by atoms with E-state index in [1.807, 2.05) is 23.1 Å². The van der Waals surface area contributed by atoms with Crippen LogP contribution in [0.3, 0.4) is 0 Å². The molecule has 2 aromatic rings. The Morgan fingerprint density at radius 1 is 1.33 bits per heavy atom. The van der Waals surface area contributed by atoms with Crippen LogP contribution in [0, 0.1) is 0 Å². The molecule has 21 heavy (non-hydrogen) atoms. The van der Waals surface area contributed by atoms with Crippen molar-refractivity contribution in [3.63, 3.8) is 0 Å². The van der Waals surface area contributed by atoms with Crippen molar-refractivity contribution in [2.45, 2.75) is 25.3 Å². The quantitative estimate of drug-likeness (QED) is 0.928. The molecule has 0 spiro atoms. The van der Waals surface area contributed by atoms with Crippen LogP contribution in [0.25, 0.3) is 10.9 Å². The summed E-state index contributed by atoms with van der Waals surface area (Å²) in [7, 11) is 0. The molecule has 4 nitrogen and oxygen atoms in total. The molecule has 1 fully saturated rings. The fourth-order valence-corrected chi connectivity index (χ4v) is 3.04. The highest BCUT2D eigenvalue weighted by molar-refractivity contribution is 6.31. The van der Waals surface area contributed by atoms with Crippen LogP contribution in [0.4, 0.5) is 0 Å². The van der Waals surface area contributed by atoms with E-state index in [9.17, 15) is 4.79 Å². The summed E-state index contributed by atoms with van der Waals surface area (Å²) in [4.78, 5) is 19.0. The summed E-state index contributed by atoms with van der Waals surface area (Å²) in [5.41, 5.74) is 7.00. The van der Waals surface area contributed by atoms with Gasteiger partial charge >= 0.3 is 0 Å². The van der Waals surface area contributed by atoms with Crippen LogP contribution in [0.15, 0.2) is 30.3 Å². The van der Waals surface area contributed by atoms with Crippen molar-refractivity contribution in [1.82, 2.24) is 9.88 Å². The van der Waals surface area contributed by atoms with Gasteiger partial charge in [-0.15, -0.1) is 0 Å². The molecule has 1 saturated heterocycles. The number of nitrogens with zero attached hydrogens (tertiary/aromatic N) is 2. The lowest BCUT2D eigenvalue weighted by Crippen LogP contribution is -2.47. The third kappa shape index (κ3) is 2.87. The molecule has 1 aromatic heterocycles. The van der Waals surface area contributed by atoms with Crippen molar-refractivity contribution in [3.8, 4) is 0 Å². The predicted molar refractivity (Wildman–Crippen MR) is 84.5 cm³/mol. The van der Waals surface area contributed by atoms with Gasteiger partial charge in [0.1, 0.15) is 5.69 Å². The second-order valence-corrected chi connectivity index (χ2v) is 5.85. The van der Waals surface area contributed by atoms with Crippen LogP contribution in [-0.4, -0.2) is 34.9 Å². The Kier molecular flexibility index (Phi) is 4.08. The molecule has 0 saturated carbocycles. The highest BCUT2D eigenvalue weighted by Crippen LogP contribution is 2.21. The average Bonchev–Trinajstić information content (AvgIpc) is 2.53.